The minimum absolute atomic E-state index is 0.263. The van der Waals surface area contributed by atoms with Crippen LogP contribution in [0.5, 0.6) is 0 Å². The molecule has 0 aliphatic heterocycles. The van der Waals surface area contributed by atoms with Crippen molar-refractivity contribution < 1.29 is 18.5 Å². The molecule has 1 aromatic carbocycles. The van der Waals surface area contributed by atoms with Gasteiger partial charge in [-0.25, -0.2) is 14.2 Å². The standard InChI is InChI=1S/C19H25ClFN3O3S2/c1-18(2,3)27-17(25)23-16-22-10-14(28-16)15(24-29(26)19(4,5)6)12-8-7-11(20)9-13(12)21/h7-10,15,24H,1-6H3,(H,22,23,25)/t15-,29?/m1/s1. The van der Waals surface area contributed by atoms with Gasteiger partial charge in [-0.2, -0.15) is 0 Å². The zero-order valence-corrected chi connectivity index (χ0v) is 19.5. The lowest BCUT2D eigenvalue weighted by Crippen LogP contribution is -2.41. The zero-order valence-electron chi connectivity index (χ0n) is 17.1. The topological polar surface area (TPSA) is 86.3 Å². The maximum absolute atomic E-state index is 14.6. The third-order valence-corrected chi connectivity index (χ3v) is 6.25. The number of halogens is 2. The summed E-state index contributed by atoms with van der Waals surface area (Å²) in [5.41, 5.74) is -0.371. The second kappa shape index (κ2) is 9.18. The van der Waals surface area contributed by atoms with Gasteiger partial charge in [0, 0.05) is 28.1 Å². The van der Waals surface area contributed by atoms with Gasteiger partial charge in [0.2, 0.25) is 0 Å². The van der Waals surface area contributed by atoms with Gasteiger partial charge >= 0.3 is 6.09 Å². The quantitative estimate of drug-likeness (QED) is 0.580. The van der Waals surface area contributed by atoms with E-state index in [9.17, 15) is 13.7 Å². The number of carbonyl (C=O) groups is 1. The highest BCUT2D eigenvalue weighted by molar-refractivity contribution is 7.90. The van der Waals surface area contributed by atoms with E-state index in [2.05, 4.69) is 15.0 Å². The van der Waals surface area contributed by atoms with Crippen LogP contribution in [0, 0.1) is 5.82 Å². The molecule has 0 saturated carbocycles. The van der Waals surface area contributed by atoms with Crippen molar-refractivity contribution in [2.45, 2.75) is 57.9 Å². The molecule has 0 bridgehead atoms. The Morgan fingerprint density at radius 3 is 2.52 bits per heavy atom. The molecule has 2 atom stereocenters. The molecule has 2 N–H and O–H groups in total. The first-order chi connectivity index (χ1) is 13.3. The molecule has 29 heavy (non-hydrogen) atoms. The molecule has 6 nitrogen and oxygen atoms in total. The van der Waals surface area contributed by atoms with Gasteiger partial charge in [-0.3, -0.25) is 5.32 Å². The van der Waals surface area contributed by atoms with Crippen LogP contribution in [0.1, 0.15) is 58.0 Å². The number of ether oxygens (including phenoxy) is 1. The number of amides is 1. The van der Waals surface area contributed by atoms with Gasteiger partial charge in [-0.15, -0.1) is 4.72 Å². The maximum Gasteiger partial charge on any atom is 0.413 e. The first kappa shape index (κ1) is 23.9. The Morgan fingerprint density at radius 2 is 1.97 bits per heavy atom. The molecule has 0 radical (unpaired) electrons. The number of hydrogen-bond acceptors (Lipinski definition) is 6. The van der Waals surface area contributed by atoms with Crippen LogP contribution in [0.15, 0.2) is 24.4 Å². The van der Waals surface area contributed by atoms with E-state index in [1.54, 1.807) is 26.8 Å². The summed E-state index contributed by atoms with van der Waals surface area (Å²) in [7, 11) is 0. The fraction of sp³-hybridized carbons (Fsp3) is 0.474. The molecule has 1 unspecified atom stereocenters. The van der Waals surface area contributed by atoms with E-state index in [-0.39, 0.29) is 15.7 Å². The minimum Gasteiger partial charge on any atom is -0.598 e. The number of hydrogen-bond donors (Lipinski definition) is 2. The number of carbonyl (C=O) groups excluding carboxylic acids is 1. The van der Waals surface area contributed by atoms with Crippen LogP contribution >= 0.6 is 22.9 Å². The molecular formula is C19H25ClFN3O3S2. The number of anilines is 1. The highest BCUT2D eigenvalue weighted by atomic mass is 35.5. The molecule has 0 spiro atoms. The van der Waals surface area contributed by atoms with Gasteiger partial charge in [0.25, 0.3) is 0 Å². The molecule has 2 aromatic rings. The lowest BCUT2D eigenvalue weighted by molar-refractivity contribution is 0.0636. The summed E-state index contributed by atoms with van der Waals surface area (Å²) in [4.78, 5) is 16.7. The molecule has 1 amide bonds. The summed E-state index contributed by atoms with van der Waals surface area (Å²) in [5.74, 6) is -0.532. The van der Waals surface area contributed by atoms with Gasteiger partial charge in [0.1, 0.15) is 22.2 Å². The number of aromatic nitrogens is 1. The minimum atomic E-state index is -1.48. The van der Waals surface area contributed by atoms with Crippen molar-refractivity contribution in [1.82, 2.24) is 9.71 Å². The molecule has 0 saturated heterocycles. The van der Waals surface area contributed by atoms with E-state index in [0.29, 0.717) is 4.88 Å². The second-order valence-electron chi connectivity index (χ2n) is 8.29. The molecule has 0 aliphatic carbocycles. The smallest absolute Gasteiger partial charge is 0.413 e. The number of nitrogens with one attached hydrogen (secondary N) is 2. The molecular weight excluding hydrogens is 437 g/mol. The van der Waals surface area contributed by atoms with Gasteiger partial charge < -0.3 is 9.29 Å². The van der Waals surface area contributed by atoms with Crippen molar-refractivity contribution in [1.29, 1.82) is 0 Å². The highest BCUT2D eigenvalue weighted by Crippen LogP contribution is 2.33. The number of nitrogens with zero attached hydrogens (tertiary/aromatic N) is 1. The largest absolute Gasteiger partial charge is 0.598 e. The molecule has 10 heteroatoms. The summed E-state index contributed by atoms with van der Waals surface area (Å²) in [6, 6.07) is 3.57. The summed E-state index contributed by atoms with van der Waals surface area (Å²) in [6.07, 6.45) is 0.863. The Balaban J connectivity index is 2.32. The molecule has 160 valence electrons. The Kier molecular flexibility index (Phi) is 7.56. The third-order valence-electron chi connectivity index (χ3n) is 3.47. The van der Waals surface area contributed by atoms with Crippen LogP contribution in [0.25, 0.3) is 0 Å². The van der Waals surface area contributed by atoms with Crippen molar-refractivity contribution >= 4 is 45.5 Å². The van der Waals surface area contributed by atoms with Crippen LogP contribution in [0.2, 0.25) is 5.02 Å². The first-order valence-electron chi connectivity index (χ1n) is 8.85. The van der Waals surface area contributed by atoms with Crippen molar-refractivity contribution in [3.05, 3.63) is 45.7 Å². The first-order valence-corrected chi connectivity index (χ1v) is 11.2. The normalized spacial score (nSPS) is 14.4. The molecule has 0 aliphatic rings. The fourth-order valence-electron chi connectivity index (χ4n) is 2.16. The van der Waals surface area contributed by atoms with Crippen LogP contribution < -0.4 is 10.0 Å². The monoisotopic (exact) mass is 461 g/mol. The van der Waals surface area contributed by atoms with E-state index in [1.807, 2.05) is 20.8 Å². The lowest BCUT2D eigenvalue weighted by atomic mass is 10.1. The maximum atomic E-state index is 14.6. The van der Waals surface area contributed by atoms with E-state index >= 15 is 0 Å². The third kappa shape index (κ3) is 7.11. The number of rotatable bonds is 5. The lowest BCUT2D eigenvalue weighted by Gasteiger charge is -2.27. The van der Waals surface area contributed by atoms with E-state index < -0.39 is 39.7 Å². The summed E-state index contributed by atoms with van der Waals surface area (Å²) >= 11 is 5.52. The van der Waals surface area contributed by atoms with Gasteiger partial charge in [0.05, 0.1) is 4.88 Å². The predicted molar refractivity (Wildman–Crippen MR) is 116 cm³/mol. The van der Waals surface area contributed by atoms with Crippen molar-refractivity contribution in [3.8, 4) is 0 Å². The average Bonchev–Trinajstić information content (AvgIpc) is 2.98. The van der Waals surface area contributed by atoms with Crippen molar-refractivity contribution in [2.24, 2.45) is 0 Å². The van der Waals surface area contributed by atoms with Crippen LogP contribution in [0.3, 0.4) is 0 Å². The van der Waals surface area contributed by atoms with Crippen molar-refractivity contribution in [2.75, 3.05) is 5.32 Å². The Labute approximate surface area is 182 Å². The Bertz CT molecular complexity index is 865. The molecule has 0 fully saturated rings. The molecule has 1 heterocycles. The van der Waals surface area contributed by atoms with Gasteiger partial charge in [-0.05, 0) is 53.7 Å². The predicted octanol–water partition coefficient (Wildman–Crippen LogP) is 5.42. The highest BCUT2D eigenvalue weighted by Gasteiger charge is 2.33. The Hall–Kier alpha value is -1.39. The van der Waals surface area contributed by atoms with E-state index in [0.717, 1.165) is 11.3 Å². The van der Waals surface area contributed by atoms with Crippen LogP contribution in [-0.2, 0) is 16.1 Å². The number of thiazole rings is 1. The Morgan fingerprint density at radius 1 is 1.31 bits per heavy atom. The second-order valence-corrected chi connectivity index (χ2v) is 11.8. The SMILES string of the molecule is CC(C)(C)OC(=O)Nc1ncc([C@H](N[S+]([O-])C(C)(C)C)c2ccc(Cl)cc2F)s1. The van der Waals surface area contributed by atoms with Crippen LogP contribution in [0.4, 0.5) is 14.3 Å². The van der Waals surface area contributed by atoms with E-state index in [1.165, 1.54) is 18.3 Å². The van der Waals surface area contributed by atoms with Gasteiger partial charge in [-0.1, -0.05) is 29.0 Å². The summed E-state index contributed by atoms with van der Waals surface area (Å²) in [6.45, 7) is 10.7. The summed E-state index contributed by atoms with van der Waals surface area (Å²) in [5, 5.41) is 3.11. The summed E-state index contributed by atoms with van der Waals surface area (Å²) < 4.78 is 34.9. The van der Waals surface area contributed by atoms with Gasteiger partial charge in [0.15, 0.2) is 5.13 Å². The van der Waals surface area contributed by atoms with Crippen molar-refractivity contribution in [3.63, 3.8) is 0 Å². The molecule has 2 rings (SSSR count). The zero-order chi connectivity index (χ0) is 22.0. The number of benzene rings is 1. The fourth-order valence-corrected chi connectivity index (χ4v) is 4.09. The molecule has 1 aromatic heterocycles. The van der Waals surface area contributed by atoms with E-state index in [4.69, 9.17) is 16.3 Å². The average molecular weight is 462 g/mol. The van der Waals surface area contributed by atoms with Crippen LogP contribution in [-0.4, -0.2) is 26.0 Å².